The van der Waals surface area contributed by atoms with Crippen LogP contribution in [0.15, 0.2) is 59.0 Å². The van der Waals surface area contributed by atoms with Crippen molar-refractivity contribution in [3.8, 4) is 17.4 Å². The first-order valence-electron chi connectivity index (χ1n) is 6.90. The van der Waals surface area contributed by atoms with Gasteiger partial charge in [-0.2, -0.15) is 5.26 Å². The van der Waals surface area contributed by atoms with E-state index in [0.29, 0.717) is 17.1 Å². The van der Waals surface area contributed by atoms with E-state index in [-0.39, 0.29) is 17.8 Å². The van der Waals surface area contributed by atoms with E-state index in [1.54, 1.807) is 24.3 Å². The molecule has 0 saturated carbocycles. The lowest BCUT2D eigenvalue weighted by atomic mass is 10.1. The third kappa shape index (κ3) is 3.96. The van der Waals surface area contributed by atoms with Gasteiger partial charge in [0, 0.05) is 30.3 Å². The van der Waals surface area contributed by atoms with E-state index < -0.39 is 10.8 Å². The number of nitriles is 1. The summed E-state index contributed by atoms with van der Waals surface area (Å²) in [7, 11) is 0. The van der Waals surface area contributed by atoms with Crippen LogP contribution in [-0.4, -0.2) is 17.4 Å². The quantitative estimate of drug-likeness (QED) is 0.289. The minimum atomic E-state index is -0.523. The molecule has 120 valence electrons. The van der Waals surface area contributed by atoms with Crippen molar-refractivity contribution in [2.45, 2.75) is 0 Å². The van der Waals surface area contributed by atoms with Gasteiger partial charge in [-0.1, -0.05) is 6.08 Å². The normalized spacial score (nSPS) is 10.7. The second-order valence-electron chi connectivity index (χ2n) is 4.67. The zero-order chi connectivity index (χ0) is 17.5. The minimum absolute atomic E-state index is 0.0175. The first-order valence-corrected chi connectivity index (χ1v) is 6.90. The number of nitro groups is 1. The molecule has 0 saturated heterocycles. The Bertz CT molecular complexity index is 841. The lowest BCUT2D eigenvalue weighted by Gasteiger charge is -1.99. The van der Waals surface area contributed by atoms with Crippen LogP contribution in [0.4, 0.5) is 5.69 Å². The van der Waals surface area contributed by atoms with Gasteiger partial charge in [0.25, 0.3) is 11.6 Å². The monoisotopic (exact) mass is 323 g/mol. The molecule has 1 amide bonds. The molecule has 2 rings (SSSR count). The summed E-state index contributed by atoms with van der Waals surface area (Å²) in [6.45, 7) is 3.73. The molecule has 0 atom stereocenters. The Hall–Kier alpha value is -3.66. The van der Waals surface area contributed by atoms with Crippen LogP contribution in [0.5, 0.6) is 0 Å². The molecule has 0 bridgehead atoms. The van der Waals surface area contributed by atoms with Gasteiger partial charge in [0.05, 0.1) is 4.92 Å². The summed E-state index contributed by atoms with van der Waals surface area (Å²) < 4.78 is 5.56. The molecule has 0 fully saturated rings. The standard InChI is InChI=1S/C17H13N3O4/c1-2-9-19-17(21)13(11-18)10-15-7-8-16(24-15)12-3-5-14(6-4-12)20(22)23/h2-8,10H,1,9H2,(H,19,21). The van der Waals surface area contributed by atoms with E-state index >= 15 is 0 Å². The number of furan rings is 1. The van der Waals surface area contributed by atoms with Gasteiger partial charge in [0.1, 0.15) is 23.2 Å². The number of benzene rings is 1. The van der Waals surface area contributed by atoms with E-state index in [4.69, 9.17) is 9.68 Å². The summed E-state index contributed by atoms with van der Waals surface area (Å²) in [5.41, 5.74) is 0.535. The molecule has 7 nitrogen and oxygen atoms in total. The number of amides is 1. The van der Waals surface area contributed by atoms with Crippen LogP contribution < -0.4 is 5.32 Å². The first-order chi connectivity index (χ1) is 11.5. The Labute approximate surface area is 137 Å². The Morgan fingerprint density at radius 2 is 2.04 bits per heavy atom. The summed E-state index contributed by atoms with van der Waals surface area (Å²) >= 11 is 0. The van der Waals surface area contributed by atoms with Crippen LogP contribution in [0.25, 0.3) is 17.4 Å². The van der Waals surface area contributed by atoms with E-state index in [2.05, 4.69) is 11.9 Å². The zero-order valence-corrected chi connectivity index (χ0v) is 12.6. The molecule has 1 aromatic carbocycles. The van der Waals surface area contributed by atoms with Gasteiger partial charge in [0.15, 0.2) is 0 Å². The Morgan fingerprint density at radius 3 is 2.62 bits per heavy atom. The molecule has 0 aliphatic carbocycles. The molecule has 2 aromatic rings. The predicted octanol–water partition coefficient (Wildman–Crippen LogP) is 3.06. The molecule has 7 heteroatoms. The molecule has 24 heavy (non-hydrogen) atoms. The maximum Gasteiger partial charge on any atom is 0.269 e. The molecule has 0 aliphatic rings. The third-order valence-electron chi connectivity index (χ3n) is 3.05. The molecule has 0 unspecified atom stereocenters. The predicted molar refractivity (Wildman–Crippen MR) is 87.6 cm³/mol. The molecule has 0 spiro atoms. The number of nitrogens with zero attached hydrogens (tertiary/aromatic N) is 2. The van der Waals surface area contributed by atoms with E-state index in [0.717, 1.165) is 0 Å². The summed E-state index contributed by atoms with van der Waals surface area (Å²) in [5, 5.41) is 22.2. The average molecular weight is 323 g/mol. The smallest absolute Gasteiger partial charge is 0.269 e. The van der Waals surface area contributed by atoms with E-state index in [1.165, 1.54) is 24.3 Å². The number of rotatable bonds is 6. The highest BCUT2D eigenvalue weighted by atomic mass is 16.6. The van der Waals surface area contributed by atoms with Crippen molar-refractivity contribution in [1.29, 1.82) is 5.26 Å². The van der Waals surface area contributed by atoms with Gasteiger partial charge >= 0.3 is 0 Å². The fourth-order valence-electron chi connectivity index (χ4n) is 1.88. The molecular formula is C17H13N3O4. The average Bonchev–Trinajstić information content (AvgIpc) is 3.06. The second kappa shape index (κ2) is 7.56. The zero-order valence-electron chi connectivity index (χ0n) is 12.6. The van der Waals surface area contributed by atoms with Crippen molar-refractivity contribution in [3.05, 3.63) is 70.5 Å². The topological polar surface area (TPSA) is 109 Å². The van der Waals surface area contributed by atoms with Crippen molar-refractivity contribution in [3.63, 3.8) is 0 Å². The van der Waals surface area contributed by atoms with Crippen LogP contribution in [0.3, 0.4) is 0 Å². The fraction of sp³-hybridized carbons (Fsp3) is 0.0588. The summed E-state index contributed by atoms with van der Waals surface area (Å²) in [5.74, 6) is 0.277. The maximum absolute atomic E-state index is 11.8. The Kier molecular flexibility index (Phi) is 5.26. The molecule has 1 heterocycles. The van der Waals surface area contributed by atoms with Crippen molar-refractivity contribution in [2.75, 3.05) is 6.54 Å². The van der Waals surface area contributed by atoms with Crippen LogP contribution in [0, 0.1) is 21.4 Å². The SMILES string of the molecule is C=CCNC(=O)C(C#N)=Cc1ccc(-c2ccc([N+](=O)[O-])cc2)o1. The largest absolute Gasteiger partial charge is 0.457 e. The van der Waals surface area contributed by atoms with Gasteiger partial charge in [-0.3, -0.25) is 14.9 Å². The van der Waals surface area contributed by atoms with Crippen LogP contribution in [0.1, 0.15) is 5.76 Å². The highest BCUT2D eigenvalue weighted by Crippen LogP contribution is 2.25. The van der Waals surface area contributed by atoms with E-state index in [1.807, 2.05) is 6.07 Å². The fourth-order valence-corrected chi connectivity index (χ4v) is 1.88. The minimum Gasteiger partial charge on any atom is -0.457 e. The van der Waals surface area contributed by atoms with Crippen LogP contribution in [0.2, 0.25) is 0 Å². The van der Waals surface area contributed by atoms with Crippen molar-refractivity contribution < 1.29 is 14.1 Å². The Balaban J connectivity index is 2.21. The van der Waals surface area contributed by atoms with Gasteiger partial charge in [-0.05, 0) is 24.3 Å². The molecule has 0 radical (unpaired) electrons. The van der Waals surface area contributed by atoms with Crippen molar-refractivity contribution in [2.24, 2.45) is 0 Å². The number of hydrogen-bond donors (Lipinski definition) is 1. The highest BCUT2D eigenvalue weighted by molar-refractivity contribution is 6.01. The van der Waals surface area contributed by atoms with Crippen molar-refractivity contribution in [1.82, 2.24) is 5.32 Å². The molecule has 1 aromatic heterocycles. The number of carbonyl (C=O) groups excluding carboxylic acids is 1. The summed E-state index contributed by atoms with van der Waals surface area (Å²) in [4.78, 5) is 21.9. The number of carbonyl (C=O) groups is 1. The maximum atomic E-state index is 11.8. The first kappa shape index (κ1) is 16.7. The van der Waals surface area contributed by atoms with Gasteiger partial charge in [0.2, 0.25) is 0 Å². The summed E-state index contributed by atoms with van der Waals surface area (Å²) in [6, 6.07) is 10.9. The number of nitrogens with one attached hydrogen (secondary N) is 1. The Morgan fingerprint density at radius 1 is 1.33 bits per heavy atom. The third-order valence-corrected chi connectivity index (χ3v) is 3.05. The second-order valence-corrected chi connectivity index (χ2v) is 4.67. The molecular weight excluding hydrogens is 310 g/mol. The van der Waals surface area contributed by atoms with Crippen LogP contribution in [-0.2, 0) is 4.79 Å². The van der Waals surface area contributed by atoms with Crippen molar-refractivity contribution >= 4 is 17.7 Å². The van der Waals surface area contributed by atoms with Gasteiger partial charge in [-0.15, -0.1) is 6.58 Å². The van der Waals surface area contributed by atoms with E-state index in [9.17, 15) is 14.9 Å². The van der Waals surface area contributed by atoms with Gasteiger partial charge in [-0.25, -0.2) is 0 Å². The molecule has 0 aliphatic heterocycles. The van der Waals surface area contributed by atoms with Crippen LogP contribution >= 0.6 is 0 Å². The highest BCUT2D eigenvalue weighted by Gasteiger charge is 2.11. The van der Waals surface area contributed by atoms with Gasteiger partial charge < -0.3 is 9.73 Å². The number of non-ortho nitro benzene ring substituents is 1. The summed E-state index contributed by atoms with van der Waals surface area (Å²) in [6.07, 6.45) is 2.83. The lowest BCUT2D eigenvalue weighted by molar-refractivity contribution is -0.384. The number of hydrogen-bond acceptors (Lipinski definition) is 5. The molecule has 1 N–H and O–H groups in total. The lowest BCUT2D eigenvalue weighted by Crippen LogP contribution is -2.24. The number of nitro benzene ring substituents is 1.